The van der Waals surface area contributed by atoms with E-state index in [1.54, 1.807) is 7.11 Å². The van der Waals surface area contributed by atoms with Gasteiger partial charge in [-0.05, 0) is 52.5 Å². The minimum Gasteiger partial charge on any atom is -0.379 e. The van der Waals surface area contributed by atoms with Crippen LogP contribution in [0.4, 0.5) is 0 Å². The summed E-state index contributed by atoms with van der Waals surface area (Å²) in [4.78, 5) is 0. The van der Waals surface area contributed by atoms with Crippen molar-refractivity contribution in [3.05, 3.63) is 0 Å². The van der Waals surface area contributed by atoms with Crippen molar-refractivity contribution in [2.75, 3.05) is 13.7 Å². The Morgan fingerprint density at radius 3 is 2.71 bits per heavy atom. The molecule has 84 valence electrons. The molecule has 1 unspecified atom stereocenters. The summed E-state index contributed by atoms with van der Waals surface area (Å²) in [5, 5.41) is 3.58. The van der Waals surface area contributed by atoms with Gasteiger partial charge in [0.2, 0.25) is 0 Å². The molecule has 0 aromatic heterocycles. The fraction of sp³-hybridized carbons (Fsp3) is 1.00. The minimum atomic E-state index is 0.0642. The Balaban J connectivity index is 2.08. The Kier molecular flexibility index (Phi) is 4.90. The lowest BCUT2D eigenvalue weighted by Gasteiger charge is -2.26. The molecule has 0 amide bonds. The number of hydrogen-bond acceptors (Lipinski definition) is 2. The van der Waals surface area contributed by atoms with Crippen molar-refractivity contribution >= 4 is 0 Å². The molecule has 0 saturated carbocycles. The summed E-state index contributed by atoms with van der Waals surface area (Å²) < 4.78 is 5.41. The summed E-state index contributed by atoms with van der Waals surface area (Å²) in [6, 6.07) is 0.774. The lowest BCUT2D eigenvalue weighted by Crippen LogP contribution is -2.34. The molecule has 1 aliphatic rings. The fourth-order valence-corrected chi connectivity index (χ4v) is 2.05. The van der Waals surface area contributed by atoms with E-state index >= 15 is 0 Å². The van der Waals surface area contributed by atoms with Gasteiger partial charge in [-0.3, -0.25) is 0 Å². The third-order valence-electron chi connectivity index (χ3n) is 3.30. The van der Waals surface area contributed by atoms with E-state index < -0.39 is 0 Å². The minimum absolute atomic E-state index is 0.0642. The molecule has 2 heteroatoms. The van der Waals surface area contributed by atoms with Gasteiger partial charge in [-0.15, -0.1) is 0 Å². The second-order valence-electron chi connectivity index (χ2n) is 5.00. The lowest BCUT2D eigenvalue weighted by atomic mass is 9.95. The van der Waals surface area contributed by atoms with E-state index in [2.05, 4.69) is 19.2 Å². The van der Waals surface area contributed by atoms with E-state index in [0.29, 0.717) is 0 Å². The average molecular weight is 199 g/mol. The van der Waals surface area contributed by atoms with Crippen LogP contribution in [0, 0.1) is 0 Å². The van der Waals surface area contributed by atoms with Crippen LogP contribution >= 0.6 is 0 Å². The highest BCUT2D eigenvalue weighted by Crippen LogP contribution is 2.19. The van der Waals surface area contributed by atoms with E-state index in [1.807, 2.05) is 0 Å². The Morgan fingerprint density at radius 1 is 1.36 bits per heavy atom. The van der Waals surface area contributed by atoms with Crippen LogP contribution in [-0.2, 0) is 4.74 Å². The molecule has 1 fully saturated rings. The van der Waals surface area contributed by atoms with E-state index in [0.717, 1.165) is 6.04 Å². The summed E-state index contributed by atoms with van der Waals surface area (Å²) in [6.45, 7) is 5.56. The van der Waals surface area contributed by atoms with Crippen LogP contribution in [-0.4, -0.2) is 25.3 Å². The maximum atomic E-state index is 5.41. The van der Waals surface area contributed by atoms with Gasteiger partial charge in [0.1, 0.15) is 0 Å². The number of rotatable bonds is 5. The normalized spacial score (nSPS) is 23.8. The predicted octanol–water partition coefficient (Wildman–Crippen LogP) is 2.72. The Morgan fingerprint density at radius 2 is 2.14 bits per heavy atom. The van der Waals surface area contributed by atoms with Crippen LogP contribution in [0.25, 0.3) is 0 Å². The van der Waals surface area contributed by atoms with Gasteiger partial charge in [0.15, 0.2) is 0 Å². The van der Waals surface area contributed by atoms with Crippen LogP contribution in [0.1, 0.15) is 52.4 Å². The highest BCUT2D eigenvalue weighted by Gasteiger charge is 2.17. The average Bonchev–Trinajstić information content (AvgIpc) is 2.19. The van der Waals surface area contributed by atoms with Gasteiger partial charge in [-0.25, -0.2) is 0 Å². The number of ether oxygens (including phenoxy) is 1. The van der Waals surface area contributed by atoms with E-state index in [9.17, 15) is 0 Å². The zero-order valence-corrected chi connectivity index (χ0v) is 9.94. The monoisotopic (exact) mass is 199 g/mol. The molecule has 1 heterocycles. The molecule has 1 saturated heterocycles. The first-order valence-electron chi connectivity index (χ1n) is 5.92. The van der Waals surface area contributed by atoms with Crippen molar-refractivity contribution in [3.63, 3.8) is 0 Å². The number of nitrogens with one attached hydrogen (secondary N) is 1. The first-order valence-corrected chi connectivity index (χ1v) is 5.92. The van der Waals surface area contributed by atoms with Gasteiger partial charge >= 0.3 is 0 Å². The second kappa shape index (κ2) is 5.72. The SMILES string of the molecule is COC(C)(C)CCCC1CCCCN1. The standard InChI is InChI=1S/C12H25NO/c1-12(2,14-3)9-6-8-11-7-4-5-10-13-11/h11,13H,4-10H2,1-3H3. The maximum absolute atomic E-state index is 5.41. The molecule has 2 nitrogen and oxygen atoms in total. The Bertz CT molecular complexity index is 150. The van der Waals surface area contributed by atoms with Gasteiger partial charge in [0.05, 0.1) is 5.60 Å². The molecule has 0 spiro atoms. The Labute approximate surface area is 88.4 Å². The number of methoxy groups -OCH3 is 1. The topological polar surface area (TPSA) is 21.3 Å². The zero-order valence-electron chi connectivity index (χ0n) is 9.94. The van der Waals surface area contributed by atoms with Gasteiger partial charge in [0, 0.05) is 13.2 Å². The second-order valence-corrected chi connectivity index (χ2v) is 5.00. The van der Waals surface area contributed by atoms with Crippen molar-refractivity contribution in [1.82, 2.24) is 5.32 Å². The molecule has 1 N–H and O–H groups in total. The molecule has 0 radical (unpaired) electrons. The molecule has 1 rings (SSSR count). The van der Waals surface area contributed by atoms with Crippen LogP contribution in [0.3, 0.4) is 0 Å². The molecule has 0 aromatic rings. The highest BCUT2D eigenvalue weighted by molar-refractivity contribution is 4.74. The molecule has 0 aliphatic carbocycles. The number of piperidine rings is 1. The first kappa shape index (κ1) is 12.0. The third kappa shape index (κ3) is 4.43. The molecular formula is C12H25NO. The largest absolute Gasteiger partial charge is 0.379 e. The molecule has 1 aliphatic heterocycles. The smallest absolute Gasteiger partial charge is 0.0622 e. The quantitative estimate of drug-likeness (QED) is 0.735. The zero-order chi connectivity index (χ0) is 10.4. The van der Waals surface area contributed by atoms with E-state index in [-0.39, 0.29) is 5.60 Å². The van der Waals surface area contributed by atoms with Crippen molar-refractivity contribution in [2.45, 2.75) is 64.0 Å². The predicted molar refractivity (Wildman–Crippen MR) is 60.6 cm³/mol. The van der Waals surface area contributed by atoms with Gasteiger partial charge < -0.3 is 10.1 Å². The summed E-state index contributed by atoms with van der Waals surface area (Å²) >= 11 is 0. The first-order chi connectivity index (χ1) is 6.64. The van der Waals surface area contributed by atoms with Crippen molar-refractivity contribution in [2.24, 2.45) is 0 Å². The lowest BCUT2D eigenvalue weighted by molar-refractivity contribution is 0.0128. The molecule has 0 aromatic carbocycles. The highest BCUT2D eigenvalue weighted by atomic mass is 16.5. The van der Waals surface area contributed by atoms with Gasteiger partial charge in [-0.2, -0.15) is 0 Å². The van der Waals surface area contributed by atoms with Crippen molar-refractivity contribution < 1.29 is 4.74 Å². The van der Waals surface area contributed by atoms with Gasteiger partial charge in [-0.1, -0.05) is 6.42 Å². The van der Waals surface area contributed by atoms with Gasteiger partial charge in [0.25, 0.3) is 0 Å². The van der Waals surface area contributed by atoms with Crippen LogP contribution in [0.15, 0.2) is 0 Å². The van der Waals surface area contributed by atoms with E-state index in [4.69, 9.17) is 4.74 Å². The summed E-state index contributed by atoms with van der Waals surface area (Å²) in [5.74, 6) is 0. The molecular weight excluding hydrogens is 174 g/mol. The van der Waals surface area contributed by atoms with Crippen LogP contribution in [0.5, 0.6) is 0 Å². The maximum Gasteiger partial charge on any atom is 0.0622 e. The number of hydrogen-bond donors (Lipinski definition) is 1. The third-order valence-corrected chi connectivity index (χ3v) is 3.30. The fourth-order valence-electron chi connectivity index (χ4n) is 2.05. The Hall–Kier alpha value is -0.0800. The van der Waals surface area contributed by atoms with Crippen molar-refractivity contribution in [3.8, 4) is 0 Å². The molecule has 1 atom stereocenters. The van der Waals surface area contributed by atoms with Crippen LogP contribution < -0.4 is 5.32 Å². The van der Waals surface area contributed by atoms with Crippen LogP contribution in [0.2, 0.25) is 0 Å². The molecule has 0 bridgehead atoms. The summed E-state index contributed by atoms with van der Waals surface area (Å²) in [6.07, 6.45) is 7.89. The van der Waals surface area contributed by atoms with E-state index in [1.165, 1.54) is 45.1 Å². The molecule has 14 heavy (non-hydrogen) atoms. The van der Waals surface area contributed by atoms with Crippen molar-refractivity contribution in [1.29, 1.82) is 0 Å². The summed E-state index contributed by atoms with van der Waals surface area (Å²) in [7, 11) is 1.80. The summed E-state index contributed by atoms with van der Waals surface area (Å²) in [5.41, 5.74) is 0.0642.